The average molecular weight is 355 g/mol. The minimum absolute atomic E-state index is 0.170. The van der Waals surface area contributed by atoms with E-state index < -0.39 is 5.82 Å². The maximum atomic E-state index is 13.4. The first-order chi connectivity index (χ1) is 9.51. The molecule has 0 aromatic heterocycles. The molecule has 0 saturated heterocycles. The minimum Gasteiger partial charge on any atom is -0.494 e. The summed E-state index contributed by atoms with van der Waals surface area (Å²) >= 11 is 8.40. The van der Waals surface area contributed by atoms with E-state index in [1.54, 1.807) is 12.1 Å². The zero-order valence-corrected chi connectivity index (χ0v) is 13.0. The smallest absolute Gasteiger partial charge is 0.165 e. The van der Waals surface area contributed by atoms with E-state index in [0.29, 0.717) is 11.3 Å². The first kappa shape index (κ1) is 14.7. The largest absolute Gasteiger partial charge is 0.494 e. The van der Waals surface area contributed by atoms with Gasteiger partial charge in [0, 0.05) is 27.5 Å². The molecular weight excluding hydrogens is 343 g/mol. The Labute approximate surface area is 130 Å². The van der Waals surface area contributed by atoms with Crippen LogP contribution in [-0.2, 0) is 0 Å². The molecule has 0 heterocycles. The Kier molecular flexibility index (Phi) is 4.57. The lowest BCUT2D eigenvalue weighted by Gasteiger charge is -2.13. The normalized spacial score (nSPS) is 10.2. The molecule has 0 saturated carbocycles. The van der Waals surface area contributed by atoms with Crippen LogP contribution < -0.4 is 15.8 Å². The highest BCUT2D eigenvalue weighted by Gasteiger charge is 2.08. The number of hydrogen-bond donors (Lipinski definition) is 2. The van der Waals surface area contributed by atoms with Crippen molar-refractivity contribution in [2.45, 2.75) is 0 Å². The summed E-state index contributed by atoms with van der Waals surface area (Å²) in [6, 6.07) is 10.1. The van der Waals surface area contributed by atoms with Crippen LogP contribution >= 0.6 is 28.1 Å². The maximum absolute atomic E-state index is 13.4. The van der Waals surface area contributed by atoms with Gasteiger partial charge in [-0.25, -0.2) is 4.39 Å². The summed E-state index contributed by atoms with van der Waals surface area (Å²) in [5, 5.41) is 3.15. The van der Waals surface area contributed by atoms with Gasteiger partial charge in [-0.05, 0) is 30.3 Å². The van der Waals surface area contributed by atoms with Crippen molar-refractivity contribution in [3.8, 4) is 5.75 Å². The zero-order chi connectivity index (χ0) is 14.7. The van der Waals surface area contributed by atoms with Gasteiger partial charge in [-0.15, -0.1) is 0 Å². The van der Waals surface area contributed by atoms with Gasteiger partial charge in [-0.3, -0.25) is 0 Å². The SMILES string of the molecule is COc1cc(Nc2ccc(Br)cc2C(N)=S)ccc1F. The quantitative estimate of drug-likeness (QED) is 0.815. The van der Waals surface area contributed by atoms with E-state index in [9.17, 15) is 4.39 Å². The van der Waals surface area contributed by atoms with E-state index in [1.807, 2.05) is 18.2 Å². The molecule has 3 N–H and O–H groups in total. The van der Waals surface area contributed by atoms with Gasteiger partial charge < -0.3 is 15.8 Å². The monoisotopic (exact) mass is 354 g/mol. The molecule has 0 fully saturated rings. The molecule has 6 heteroatoms. The van der Waals surface area contributed by atoms with Crippen molar-refractivity contribution in [2.24, 2.45) is 5.73 Å². The highest BCUT2D eigenvalue weighted by molar-refractivity contribution is 9.10. The van der Waals surface area contributed by atoms with Crippen LogP contribution in [0.5, 0.6) is 5.75 Å². The van der Waals surface area contributed by atoms with Gasteiger partial charge in [0.1, 0.15) is 4.99 Å². The van der Waals surface area contributed by atoms with Crippen molar-refractivity contribution in [1.29, 1.82) is 0 Å². The van der Waals surface area contributed by atoms with E-state index in [4.69, 9.17) is 22.7 Å². The summed E-state index contributed by atoms with van der Waals surface area (Å²) in [5.74, 6) is -0.243. The van der Waals surface area contributed by atoms with Gasteiger partial charge in [0.25, 0.3) is 0 Å². The fourth-order valence-corrected chi connectivity index (χ4v) is 2.25. The van der Waals surface area contributed by atoms with Crippen LogP contribution in [0.15, 0.2) is 40.9 Å². The Morgan fingerprint density at radius 3 is 2.70 bits per heavy atom. The van der Waals surface area contributed by atoms with Gasteiger partial charge in [-0.2, -0.15) is 0 Å². The third-order valence-corrected chi connectivity index (χ3v) is 3.39. The predicted octanol–water partition coefficient (Wildman–Crippen LogP) is 3.97. The number of ether oxygens (including phenoxy) is 1. The van der Waals surface area contributed by atoms with Gasteiger partial charge in [0.05, 0.1) is 7.11 Å². The van der Waals surface area contributed by atoms with Crippen molar-refractivity contribution in [3.05, 3.63) is 52.3 Å². The molecule has 2 aromatic rings. The van der Waals surface area contributed by atoms with E-state index in [1.165, 1.54) is 13.2 Å². The van der Waals surface area contributed by atoms with E-state index in [0.717, 1.165) is 10.2 Å². The number of benzene rings is 2. The van der Waals surface area contributed by atoms with Crippen molar-refractivity contribution in [1.82, 2.24) is 0 Å². The predicted molar refractivity (Wildman–Crippen MR) is 86.3 cm³/mol. The lowest BCUT2D eigenvalue weighted by molar-refractivity contribution is 0.387. The summed E-state index contributed by atoms with van der Waals surface area (Å²) in [6.45, 7) is 0. The fourth-order valence-electron chi connectivity index (χ4n) is 1.72. The third kappa shape index (κ3) is 3.26. The minimum atomic E-state index is -0.413. The van der Waals surface area contributed by atoms with Gasteiger partial charge in [0.15, 0.2) is 11.6 Å². The Hall–Kier alpha value is -1.66. The van der Waals surface area contributed by atoms with Crippen LogP contribution in [0.25, 0.3) is 0 Å². The fraction of sp³-hybridized carbons (Fsp3) is 0.0714. The van der Waals surface area contributed by atoms with Crippen molar-refractivity contribution in [2.75, 3.05) is 12.4 Å². The summed E-state index contributed by atoms with van der Waals surface area (Å²) < 4.78 is 19.2. The summed E-state index contributed by atoms with van der Waals surface area (Å²) in [5.41, 5.74) is 7.84. The van der Waals surface area contributed by atoms with Crippen LogP contribution in [0.4, 0.5) is 15.8 Å². The van der Waals surface area contributed by atoms with Gasteiger partial charge in [-0.1, -0.05) is 28.1 Å². The maximum Gasteiger partial charge on any atom is 0.165 e. The van der Waals surface area contributed by atoms with Crippen LogP contribution in [0.3, 0.4) is 0 Å². The summed E-state index contributed by atoms with van der Waals surface area (Å²) in [4.78, 5) is 0.280. The third-order valence-electron chi connectivity index (χ3n) is 2.68. The molecule has 0 atom stereocenters. The second-order valence-corrected chi connectivity index (χ2v) is 5.38. The molecule has 2 rings (SSSR count). The molecule has 0 aliphatic heterocycles. The number of thiocarbonyl (C=S) groups is 1. The second-order valence-electron chi connectivity index (χ2n) is 4.03. The molecular formula is C14H12BrFN2OS. The van der Waals surface area contributed by atoms with Gasteiger partial charge >= 0.3 is 0 Å². The Balaban J connectivity index is 2.37. The molecule has 0 bridgehead atoms. The van der Waals surface area contributed by atoms with Crippen molar-refractivity contribution < 1.29 is 9.13 Å². The number of halogens is 2. The number of methoxy groups -OCH3 is 1. The van der Waals surface area contributed by atoms with Crippen molar-refractivity contribution in [3.63, 3.8) is 0 Å². The van der Waals surface area contributed by atoms with Crippen LogP contribution in [0.1, 0.15) is 5.56 Å². The zero-order valence-electron chi connectivity index (χ0n) is 10.6. The van der Waals surface area contributed by atoms with Crippen LogP contribution in [-0.4, -0.2) is 12.1 Å². The topological polar surface area (TPSA) is 47.3 Å². The molecule has 0 unspecified atom stereocenters. The molecule has 104 valence electrons. The number of anilines is 2. The van der Waals surface area contributed by atoms with Gasteiger partial charge in [0.2, 0.25) is 0 Å². The van der Waals surface area contributed by atoms with Crippen LogP contribution in [0.2, 0.25) is 0 Å². The number of nitrogens with one attached hydrogen (secondary N) is 1. The Bertz CT molecular complexity index is 664. The first-order valence-electron chi connectivity index (χ1n) is 5.71. The van der Waals surface area contributed by atoms with Crippen molar-refractivity contribution >= 4 is 44.5 Å². The molecule has 0 aliphatic carbocycles. The average Bonchev–Trinajstić information content (AvgIpc) is 2.42. The van der Waals surface area contributed by atoms with Crippen LogP contribution in [0, 0.1) is 5.82 Å². The van der Waals surface area contributed by atoms with E-state index in [2.05, 4.69) is 21.2 Å². The summed E-state index contributed by atoms with van der Waals surface area (Å²) in [6.07, 6.45) is 0. The molecule has 2 aromatic carbocycles. The lowest BCUT2D eigenvalue weighted by Crippen LogP contribution is -2.12. The molecule has 0 aliphatic rings. The second kappa shape index (κ2) is 6.19. The highest BCUT2D eigenvalue weighted by Crippen LogP contribution is 2.27. The van der Waals surface area contributed by atoms with E-state index in [-0.39, 0.29) is 10.7 Å². The number of nitrogens with two attached hydrogens (primary N) is 1. The highest BCUT2D eigenvalue weighted by atomic mass is 79.9. The first-order valence-corrected chi connectivity index (χ1v) is 6.91. The lowest BCUT2D eigenvalue weighted by atomic mass is 10.1. The standard InChI is InChI=1S/C14H12BrFN2OS/c1-19-13-7-9(3-4-11(13)16)18-12-5-2-8(15)6-10(12)14(17)20/h2-7,18H,1H3,(H2,17,20). The van der Waals surface area contributed by atoms with E-state index >= 15 is 0 Å². The summed E-state index contributed by atoms with van der Waals surface area (Å²) in [7, 11) is 1.42. The number of hydrogen-bond acceptors (Lipinski definition) is 3. The Morgan fingerprint density at radius 2 is 2.05 bits per heavy atom. The molecule has 3 nitrogen and oxygen atoms in total. The Morgan fingerprint density at radius 1 is 1.30 bits per heavy atom. The molecule has 0 amide bonds. The molecule has 20 heavy (non-hydrogen) atoms. The number of rotatable bonds is 4. The molecule has 0 spiro atoms. The molecule has 0 radical (unpaired) electrons.